The summed E-state index contributed by atoms with van der Waals surface area (Å²) < 4.78 is 0. The number of pyridine rings is 1. The second-order valence-corrected chi connectivity index (χ2v) is 3.74. The third-order valence-corrected chi connectivity index (χ3v) is 2.59. The fourth-order valence-electron chi connectivity index (χ4n) is 1.05. The highest BCUT2D eigenvalue weighted by atomic mass is 32.1. The predicted octanol–water partition coefficient (Wildman–Crippen LogP) is 2.17. The zero-order valence-corrected chi connectivity index (χ0v) is 8.51. The van der Waals surface area contributed by atoms with Crippen LogP contribution in [-0.4, -0.2) is 9.97 Å². The summed E-state index contributed by atoms with van der Waals surface area (Å²) in [6.07, 6.45) is 3.31. The maximum atomic E-state index is 5.73. The van der Waals surface area contributed by atoms with Crippen molar-refractivity contribution >= 4 is 27.8 Å². The van der Waals surface area contributed by atoms with Crippen molar-refractivity contribution in [2.75, 3.05) is 11.1 Å². The van der Waals surface area contributed by atoms with E-state index < -0.39 is 0 Å². The molecule has 2 aromatic heterocycles. The van der Waals surface area contributed by atoms with E-state index in [0.29, 0.717) is 5.69 Å². The smallest absolute Gasteiger partial charge is 0.187 e. The Balaban J connectivity index is 2.23. The Labute approximate surface area is 85.8 Å². The maximum absolute atomic E-state index is 5.73. The van der Waals surface area contributed by atoms with Crippen molar-refractivity contribution in [2.45, 2.75) is 6.92 Å². The standard InChI is InChI=1S/C9H10N4S/c1-6-5-14-9(12-6)13-8-2-3-11-4-7(8)10/h2-5H,10H2,1H3,(H,11,12,13). The number of hydrogen-bond donors (Lipinski definition) is 2. The lowest BCUT2D eigenvalue weighted by Crippen LogP contribution is -1.96. The average Bonchev–Trinajstić information content (AvgIpc) is 2.56. The Kier molecular flexibility index (Phi) is 2.32. The first-order valence-electron chi connectivity index (χ1n) is 4.14. The second kappa shape index (κ2) is 3.63. The molecule has 0 aliphatic rings. The van der Waals surface area contributed by atoms with Crippen LogP contribution in [0.1, 0.15) is 5.69 Å². The van der Waals surface area contributed by atoms with Crippen molar-refractivity contribution in [1.29, 1.82) is 0 Å². The summed E-state index contributed by atoms with van der Waals surface area (Å²) >= 11 is 1.55. The number of aryl methyl sites for hydroxylation is 1. The van der Waals surface area contributed by atoms with Crippen LogP contribution in [0.2, 0.25) is 0 Å². The lowest BCUT2D eigenvalue weighted by molar-refractivity contribution is 1.26. The molecule has 0 spiro atoms. The van der Waals surface area contributed by atoms with E-state index in [1.165, 1.54) is 0 Å². The molecule has 0 bridgehead atoms. The van der Waals surface area contributed by atoms with Crippen molar-refractivity contribution in [3.8, 4) is 0 Å². The largest absolute Gasteiger partial charge is 0.396 e. The van der Waals surface area contributed by atoms with Gasteiger partial charge in [-0.05, 0) is 13.0 Å². The minimum absolute atomic E-state index is 0.625. The SMILES string of the molecule is Cc1csc(Nc2ccncc2N)n1. The fourth-order valence-corrected chi connectivity index (χ4v) is 1.75. The number of anilines is 3. The molecule has 72 valence electrons. The molecule has 0 radical (unpaired) electrons. The maximum Gasteiger partial charge on any atom is 0.187 e. The molecule has 2 heterocycles. The highest BCUT2D eigenvalue weighted by Crippen LogP contribution is 2.23. The summed E-state index contributed by atoms with van der Waals surface area (Å²) in [6, 6.07) is 1.83. The zero-order chi connectivity index (χ0) is 9.97. The highest BCUT2D eigenvalue weighted by Gasteiger charge is 2.01. The number of nitrogens with two attached hydrogens (primary N) is 1. The molecule has 4 nitrogen and oxygen atoms in total. The second-order valence-electron chi connectivity index (χ2n) is 2.88. The monoisotopic (exact) mass is 206 g/mol. The highest BCUT2D eigenvalue weighted by molar-refractivity contribution is 7.13. The van der Waals surface area contributed by atoms with E-state index in [9.17, 15) is 0 Å². The van der Waals surface area contributed by atoms with E-state index in [0.717, 1.165) is 16.5 Å². The fraction of sp³-hybridized carbons (Fsp3) is 0.111. The molecule has 0 fully saturated rings. The Hall–Kier alpha value is -1.62. The van der Waals surface area contributed by atoms with Gasteiger partial charge >= 0.3 is 0 Å². The van der Waals surface area contributed by atoms with E-state index in [4.69, 9.17) is 5.73 Å². The van der Waals surface area contributed by atoms with Gasteiger partial charge in [0.05, 0.1) is 23.3 Å². The minimum Gasteiger partial charge on any atom is -0.396 e. The van der Waals surface area contributed by atoms with Crippen molar-refractivity contribution in [3.63, 3.8) is 0 Å². The van der Waals surface area contributed by atoms with Gasteiger partial charge in [-0.2, -0.15) is 0 Å². The molecule has 2 aromatic rings. The normalized spacial score (nSPS) is 10.1. The first-order chi connectivity index (χ1) is 6.75. The molecule has 5 heteroatoms. The Morgan fingerprint density at radius 3 is 3.00 bits per heavy atom. The zero-order valence-electron chi connectivity index (χ0n) is 7.69. The number of thiazole rings is 1. The number of nitrogens with one attached hydrogen (secondary N) is 1. The molecule has 0 aromatic carbocycles. The molecule has 0 atom stereocenters. The van der Waals surface area contributed by atoms with Crippen molar-refractivity contribution in [1.82, 2.24) is 9.97 Å². The Morgan fingerprint density at radius 2 is 2.36 bits per heavy atom. The Morgan fingerprint density at radius 1 is 1.50 bits per heavy atom. The lowest BCUT2D eigenvalue weighted by Gasteiger charge is -2.04. The van der Waals surface area contributed by atoms with Gasteiger partial charge in [-0.25, -0.2) is 4.98 Å². The molecular weight excluding hydrogens is 196 g/mol. The van der Waals surface area contributed by atoms with Crippen LogP contribution in [0.3, 0.4) is 0 Å². The van der Waals surface area contributed by atoms with Crippen LogP contribution < -0.4 is 11.1 Å². The number of aromatic nitrogens is 2. The van der Waals surface area contributed by atoms with Gasteiger partial charge in [-0.3, -0.25) is 4.98 Å². The van der Waals surface area contributed by atoms with Gasteiger partial charge in [0, 0.05) is 11.6 Å². The molecule has 0 amide bonds. The van der Waals surface area contributed by atoms with Crippen LogP contribution in [0.5, 0.6) is 0 Å². The summed E-state index contributed by atoms with van der Waals surface area (Å²) in [5, 5.41) is 5.97. The predicted molar refractivity (Wildman–Crippen MR) is 58.8 cm³/mol. The van der Waals surface area contributed by atoms with Crippen LogP contribution in [0.4, 0.5) is 16.5 Å². The molecule has 0 unspecified atom stereocenters. The van der Waals surface area contributed by atoms with Gasteiger partial charge in [0.1, 0.15) is 0 Å². The summed E-state index contributed by atoms with van der Waals surface area (Å²) in [7, 11) is 0. The van der Waals surface area contributed by atoms with E-state index in [-0.39, 0.29) is 0 Å². The van der Waals surface area contributed by atoms with Gasteiger partial charge < -0.3 is 11.1 Å². The van der Waals surface area contributed by atoms with Crippen LogP contribution in [-0.2, 0) is 0 Å². The summed E-state index contributed by atoms with van der Waals surface area (Å²) in [4.78, 5) is 8.19. The van der Waals surface area contributed by atoms with Gasteiger partial charge in [-0.1, -0.05) is 0 Å². The molecule has 2 rings (SSSR count). The third kappa shape index (κ3) is 1.82. The molecule has 0 aliphatic heterocycles. The quantitative estimate of drug-likeness (QED) is 0.790. The van der Waals surface area contributed by atoms with E-state index >= 15 is 0 Å². The van der Waals surface area contributed by atoms with Crippen LogP contribution in [0, 0.1) is 6.92 Å². The third-order valence-electron chi connectivity index (χ3n) is 1.71. The van der Waals surface area contributed by atoms with Crippen molar-refractivity contribution in [2.24, 2.45) is 0 Å². The molecule has 0 saturated heterocycles. The molecular formula is C9H10N4S. The number of rotatable bonds is 2. The van der Waals surface area contributed by atoms with Crippen molar-refractivity contribution < 1.29 is 0 Å². The lowest BCUT2D eigenvalue weighted by atomic mass is 10.3. The number of hydrogen-bond acceptors (Lipinski definition) is 5. The van der Waals surface area contributed by atoms with Gasteiger partial charge in [0.25, 0.3) is 0 Å². The first kappa shape index (κ1) is 8.96. The van der Waals surface area contributed by atoms with Gasteiger partial charge in [0.2, 0.25) is 0 Å². The first-order valence-corrected chi connectivity index (χ1v) is 5.02. The minimum atomic E-state index is 0.625. The summed E-state index contributed by atoms with van der Waals surface area (Å²) in [6.45, 7) is 1.96. The van der Waals surface area contributed by atoms with Crippen molar-refractivity contribution in [3.05, 3.63) is 29.5 Å². The Bertz CT molecular complexity index is 438. The number of nitrogens with zero attached hydrogens (tertiary/aromatic N) is 2. The molecule has 3 N–H and O–H groups in total. The van der Waals surface area contributed by atoms with Crippen LogP contribution in [0.25, 0.3) is 0 Å². The van der Waals surface area contributed by atoms with Gasteiger partial charge in [-0.15, -0.1) is 11.3 Å². The van der Waals surface area contributed by atoms with E-state index in [1.54, 1.807) is 23.7 Å². The van der Waals surface area contributed by atoms with Crippen LogP contribution in [0.15, 0.2) is 23.8 Å². The summed E-state index contributed by atoms with van der Waals surface area (Å²) in [5.74, 6) is 0. The molecule has 0 saturated carbocycles. The summed E-state index contributed by atoms with van der Waals surface area (Å²) in [5.41, 5.74) is 8.20. The van der Waals surface area contributed by atoms with Crippen LogP contribution >= 0.6 is 11.3 Å². The average molecular weight is 206 g/mol. The van der Waals surface area contributed by atoms with E-state index in [2.05, 4.69) is 15.3 Å². The van der Waals surface area contributed by atoms with Gasteiger partial charge in [0.15, 0.2) is 5.13 Å². The number of nitrogen functional groups attached to an aromatic ring is 1. The molecule has 14 heavy (non-hydrogen) atoms. The van der Waals surface area contributed by atoms with E-state index in [1.807, 2.05) is 18.4 Å². The molecule has 0 aliphatic carbocycles. The topological polar surface area (TPSA) is 63.8 Å².